The molecule has 7 heteroatoms. The van der Waals surface area contributed by atoms with Crippen molar-refractivity contribution >= 4 is 15.9 Å². The Labute approximate surface area is 124 Å². The molecular formula is C14H19N3O3S. The number of carbonyl (C=O) groups is 1. The van der Waals surface area contributed by atoms with Crippen molar-refractivity contribution in [3.05, 3.63) is 30.1 Å². The molecule has 0 unspecified atom stereocenters. The van der Waals surface area contributed by atoms with Crippen LogP contribution in [0.2, 0.25) is 0 Å². The van der Waals surface area contributed by atoms with Gasteiger partial charge in [0.25, 0.3) is 5.91 Å². The minimum absolute atomic E-state index is 0.0687. The van der Waals surface area contributed by atoms with Crippen LogP contribution in [-0.4, -0.2) is 49.0 Å². The van der Waals surface area contributed by atoms with E-state index in [0.717, 1.165) is 19.3 Å². The van der Waals surface area contributed by atoms with Crippen LogP contribution in [0, 0.1) is 5.41 Å². The van der Waals surface area contributed by atoms with Crippen LogP contribution in [0.25, 0.3) is 0 Å². The van der Waals surface area contributed by atoms with Gasteiger partial charge < -0.3 is 5.32 Å². The molecule has 2 heterocycles. The van der Waals surface area contributed by atoms with Gasteiger partial charge in [-0.05, 0) is 36.8 Å². The summed E-state index contributed by atoms with van der Waals surface area (Å²) < 4.78 is 24.7. The summed E-state index contributed by atoms with van der Waals surface area (Å²) >= 11 is 0. The number of rotatable bonds is 3. The zero-order valence-corrected chi connectivity index (χ0v) is 12.8. The molecule has 0 atom stereocenters. The van der Waals surface area contributed by atoms with Crippen LogP contribution < -0.4 is 5.32 Å². The van der Waals surface area contributed by atoms with Gasteiger partial charge in [0.15, 0.2) is 0 Å². The molecule has 3 rings (SSSR count). The van der Waals surface area contributed by atoms with E-state index in [1.807, 2.05) is 0 Å². The summed E-state index contributed by atoms with van der Waals surface area (Å²) in [4.78, 5) is 15.9. The minimum atomic E-state index is -3.09. The molecule has 1 saturated heterocycles. The van der Waals surface area contributed by atoms with Gasteiger partial charge in [0.05, 0.1) is 6.26 Å². The Hall–Kier alpha value is -1.47. The predicted octanol–water partition coefficient (Wildman–Crippen LogP) is 0.625. The second kappa shape index (κ2) is 5.06. The average molecular weight is 309 g/mol. The van der Waals surface area contributed by atoms with Gasteiger partial charge in [-0.3, -0.25) is 9.78 Å². The molecule has 0 aromatic carbocycles. The molecule has 2 aliphatic rings. The Bertz CT molecular complexity index is 639. The minimum Gasteiger partial charge on any atom is -0.349 e. The van der Waals surface area contributed by atoms with Crippen molar-refractivity contribution in [1.82, 2.24) is 14.6 Å². The predicted molar refractivity (Wildman–Crippen MR) is 78.2 cm³/mol. The second-order valence-electron chi connectivity index (χ2n) is 6.16. The van der Waals surface area contributed by atoms with E-state index in [0.29, 0.717) is 18.7 Å². The number of amides is 1. The number of nitrogens with one attached hydrogen (secondary N) is 1. The highest BCUT2D eigenvalue weighted by molar-refractivity contribution is 7.88. The van der Waals surface area contributed by atoms with E-state index in [2.05, 4.69) is 10.3 Å². The first kappa shape index (κ1) is 14.5. The molecule has 114 valence electrons. The van der Waals surface area contributed by atoms with Crippen molar-refractivity contribution in [2.24, 2.45) is 5.41 Å². The fourth-order valence-electron chi connectivity index (χ4n) is 3.37. The third kappa shape index (κ3) is 2.94. The molecule has 1 aromatic rings. The largest absolute Gasteiger partial charge is 0.349 e. The third-order valence-electron chi connectivity index (χ3n) is 4.51. The normalized spacial score (nSPS) is 29.3. The van der Waals surface area contributed by atoms with Gasteiger partial charge in [-0.2, -0.15) is 0 Å². The van der Waals surface area contributed by atoms with Crippen molar-refractivity contribution in [1.29, 1.82) is 0 Å². The van der Waals surface area contributed by atoms with Crippen LogP contribution in [0.5, 0.6) is 0 Å². The van der Waals surface area contributed by atoms with E-state index < -0.39 is 10.0 Å². The van der Waals surface area contributed by atoms with Gasteiger partial charge in [-0.15, -0.1) is 0 Å². The summed E-state index contributed by atoms with van der Waals surface area (Å²) in [6, 6.07) is 3.51. The molecule has 21 heavy (non-hydrogen) atoms. The highest BCUT2D eigenvalue weighted by Crippen LogP contribution is 2.48. The molecule has 1 aliphatic carbocycles. The number of pyridine rings is 1. The fraction of sp³-hybridized carbons (Fsp3) is 0.571. The Morgan fingerprint density at radius 1 is 1.38 bits per heavy atom. The lowest BCUT2D eigenvalue weighted by Gasteiger charge is -2.45. The molecule has 1 N–H and O–H groups in total. The van der Waals surface area contributed by atoms with Gasteiger partial charge >= 0.3 is 0 Å². The van der Waals surface area contributed by atoms with Crippen molar-refractivity contribution < 1.29 is 13.2 Å². The number of nitrogens with zero attached hydrogens (tertiary/aromatic N) is 2. The first-order chi connectivity index (χ1) is 9.88. The molecule has 1 spiro atoms. The van der Waals surface area contributed by atoms with E-state index in [1.165, 1.54) is 6.26 Å². The molecule has 6 nitrogen and oxygen atoms in total. The smallest absolute Gasteiger partial charge is 0.251 e. The Morgan fingerprint density at radius 3 is 2.62 bits per heavy atom. The first-order valence-corrected chi connectivity index (χ1v) is 8.89. The van der Waals surface area contributed by atoms with Crippen molar-refractivity contribution in [3.8, 4) is 0 Å². The first-order valence-electron chi connectivity index (χ1n) is 7.04. The highest BCUT2D eigenvalue weighted by atomic mass is 32.2. The number of sulfonamides is 1. The number of hydrogen-bond donors (Lipinski definition) is 1. The Balaban J connectivity index is 1.54. The lowest BCUT2D eigenvalue weighted by molar-refractivity contribution is 0.0730. The molecule has 0 bridgehead atoms. The molecule has 1 aliphatic heterocycles. The zero-order valence-electron chi connectivity index (χ0n) is 11.9. The van der Waals surface area contributed by atoms with Gasteiger partial charge in [-0.1, -0.05) is 0 Å². The van der Waals surface area contributed by atoms with E-state index >= 15 is 0 Å². The maximum Gasteiger partial charge on any atom is 0.251 e. The lowest BCUT2D eigenvalue weighted by atomic mass is 9.65. The monoisotopic (exact) mass is 309 g/mol. The number of carbonyl (C=O) groups excluding carboxylic acids is 1. The summed E-state index contributed by atoms with van der Waals surface area (Å²) in [7, 11) is -3.09. The highest BCUT2D eigenvalue weighted by Gasteiger charge is 2.50. The molecule has 1 aromatic heterocycles. The lowest BCUT2D eigenvalue weighted by Crippen LogP contribution is -2.52. The summed E-state index contributed by atoms with van der Waals surface area (Å²) in [6.45, 7) is 1.19. The Kier molecular flexibility index (Phi) is 3.49. The van der Waals surface area contributed by atoms with Crippen LogP contribution >= 0.6 is 0 Å². The van der Waals surface area contributed by atoms with Crippen molar-refractivity contribution in [2.45, 2.75) is 25.3 Å². The fourth-order valence-corrected chi connectivity index (χ4v) is 4.30. The second-order valence-corrected chi connectivity index (χ2v) is 8.14. The van der Waals surface area contributed by atoms with Gasteiger partial charge in [-0.25, -0.2) is 12.7 Å². The van der Waals surface area contributed by atoms with Crippen LogP contribution in [-0.2, 0) is 10.0 Å². The third-order valence-corrected chi connectivity index (χ3v) is 5.76. The van der Waals surface area contributed by atoms with E-state index in [4.69, 9.17) is 0 Å². The summed E-state index contributed by atoms with van der Waals surface area (Å²) in [6.07, 6.45) is 7.05. The maximum atomic E-state index is 12.0. The van der Waals surface area contributed by atoms with Crippen molar-refractivity contribution in [3.63, 3.8) is 0 Å². The number of aromatic nitrogens is 1. The van der Waals surface area contributed by atoms with Crippen LogP contribution in [0.15, 0.2) is 24.5 Å². The molecule has 1 saturated carbocycles. The molecular weight excluding hydrogens is 290 g/mol. The number of hydrogen-bond acceptors (Lipinski definition) is 4. The van der Waals surface area contributed by atoms with Gasteiger partial charge in [0.1, 0.15) is 0 Å². The summed E-state index contributed by atoms with van der Waals surface area (Å²) in [5, 5.41) is 3.00. The van der Waals surface area contributed by atoms with Gasteiger partial charge in [0.2, 0.25) is 10.0 Å². The summed E-state index contributed by atoms with van der Waals surface area (Å²) in [5.74, 6) is -0.0878. The quantitative estimate of drug-likeness (QED) is 0.888. The van der Waals surface area contributed by atoms with Gasteiger partial charge in [0, 0.05) is 37.1 Å². The molecule has 0 radical (unpaired) electrons. The summed E-state index contributed by atoms with van der Waals surface area (Å²) in [5.41, 5.74) is 0.675. The van der Waals surface area contributed by atoms with E-state index in [1.54, 1.807) is 28.8 Å². The van der Waals surface area contributed by atoms with Crippen LogP contribution in [0.4, 0.5) is 0 Å². The SMILES string of the molecule is CS(=O)(=O)N1CCC2(CC(NC(=O)c3ccncc3)C2)C1. The van der Waals surface area contributed by atoms with Crippen LogP contribution in [0.3, 0.4) is 0 Å². The topological polar surface area (TPSA) is 79.4 Å². The van der Waals surface area contributed by atoms with E-state index in [9.17, 15) is 13.2 Å². The van der Waals surface area contributed by atoms with Crippen LogP contribution in [0.1, 0.15) is 29.6 Å². The van der Waals surface area contributed by atoms with Crippen molar-refractivity contribution in [2.75, 3.05) is 19.3 Å². The standard InChI is InChI=1S/C14H19N3O3S/c1-21(19,20)17-7-4-14(10-17)8-12(9-14)16-13(18)11-2-5-15-6-3-11/h2-3,5-6,12H,4,7-10H2,1H3,(H,16,18). The molecule has 1 amide bonds. The maximum absolute atomic E-state index is 12.0. The average Bonchev–Trinajstić information content (AvgIpc) is 2.84. The zero-order chi connectivity index (χ0) is 15.1. The molecule has 2 fully saturated rings. The van der Waals surface area contributed by atoms with E-state index in [-0.39, 0.29) is 17.4 Å². The Morgan fingerprint density at radius 2 is 2.05 bits per heavy atom.